The number of Topliss-reactive ketones (excluding diaryl/α,β-unsaturated/α-hetero) is 1. The van der Waals surface area contributed by atoms with Crippen LogP contribution in [0.4, 0.5) is 11.4 Å². The maximum Gasteiger partial charge on any atom is 0.347 e. The third kappa shape index (κ3) is 5.36. The molecule has 0 radical (unpaired) electrons. The van der Waals surface area contributed by atoms with Crippen LogP contribution < -0.4 is 10.6 Å². The van der Waals surface area contributed by atoms with Crippen LogP contribution in [0, 0.1) is 6.92 Å². The third-order valence-corrected chi connectivity index (χ3v) is 6.57. The summed E-state index contributed by atoms with van der Waals surface area (Å²) in [6, 6.07) is 9.62. The number of carbonyl (C=O) groups is 2. The van der Waals surface area contributed by atoms with E-state index in [1.807, 2.05) is 37.3 Å². The highest BCUT2D eigenvalue weighted by Crippen LogP contribution is 2.31. The Morgan fingerprint density at radius 3 is 2.89 bits per heavy atom. The largest absolute Gasteiger partial charge is 0.462 e. The lowest BCUT2D eigenvalue weighted by atomic mass is 10.1. The summed E-state index contributed by atoms with van der Waals surface area (Å²) in [5.41, 5.74) is 3.96. The number of aryl methyl sites for hydroxylation is 1. The van der Waals surface area contributed by atoms with Crippen molar-refractivity contribution in [3.05, 3.63) is 71.1 Å². The number of ether oxygens (including phenoxy) is 2. The Morgan fingerprint density at radius 2 is 2.11 bits per heavy atom. The van der Waals surface area contributed by atoms with Gasteiger partial charge < -0.3 is 30.0 Å². The molecule has 1 aromatic carbocycles. The lowest BCUT2D eigenvalue weighted by Gasteiger charge is -2.16. The second-order valence-electron chi connectivity index (χ2n) is 9.14. The van der Waals surface area contributed by atoms with Crippen LogP contribution in [0.1, 0.15) is 30.9 Å². The topological polar surface area (TPSA) is 109 Å². The van der Waals surface area contributed by atoms with E-state index in [9.17, 15) is 9.59 Å². The lowest BCUT2D eigenvalue weighted by molar-refractivity contribution is -0.139. The number of ketones is 1. The summed E-state index contributed by atoms with van der Waals surface area (Å²) in [5, 5.41) is 7.46. The Morgan fingerprint density at radius 1 is 1.27 bits per heavy atom. The zero-order chi connectivity index (χ0) is 25.8. The standard InChI is InChI=1S/C28H31N5O4/c1-3-36-28(35)24-25(34)23(16-19-17-31-26-21(19)7-6-10-30-26)37-27(24)32-22-9-8-20(15-18(22)2)29-11-14-33-12-4-5-13-33/h6-10,15-17,29,32H,3-5,11-14H2,1-2H3,(H,30,31)/b23-16-. The summed E-state index contributed by atoms with van der Waals surface area (Å²) in [4.78, 5) is 35.7. The summed E-state index contributed by atoms with van der Waals surface area (Å²) in [6.07, 6.45) is 7.60. The molecule has 9 heteroatoms. The number of aromatic nitrogens is 2. The van der Waals surface area contributed by atoms with Gasteiger partial charge in [0.15, 0.2) is 11.3 Å². The number of nitrogens with zero attached hydrogens (tertiary/aromatic N) is 2. The van der Waals surface area contributed by atoms with Gasteiger partial charge in [0.2, 0.25) is 11.7 Å². The molecule has 4 heterocycles. The minimum absolute atomic E-state index is 0.0353. The number of likely N-dealkylation sites (tertiary alicyclic amines) is 1. The first-order valence-corrected chi connectivity index (χ1v) is 12.6. The number of anilines is 2. The number of rotatable bonds is 9. The average molecular weight is 502 g/mol. The Balaban J connectivity index is 1.35. The Kier molecular flexibility index (Phi) is 7.23. The summed E-state index contributed by atoms with van der Waals surface area (Å²) in [6.45, 7) is 8.05. The van der Waals surface area contributed by atoms with E-state index in [4.69, 9.17) is 9.47 Å². The monoisotopic (exact) mass is 501 g/mol. The SMILES string of the molecule is CCOC(=O)C1=C(Nc2ccc(NCCN3CCCC3)cc2C)O/C(=C\c2c[nH]c3ncccc23)C1=O. The predicted molar refractivity (Wildman–Crippen MR) is 143 cm³/mol. The summed E-state index contributed by atoms with van der Waals surface area (Å²) >= 11 is 0. The maximum atomic E-state index is 13.2. The zero-order valence-corrected chi connectivity index (χ0v) is 21.1. The summed E-state index contributed by atoms with van der Waals surface area (Å²) < 4.78 is 11.1. The molecule has 0 atom stereocenters. The number of carbonyl (C=O) groups excluding carboxylic acids is 2. The second-order valence-corrected chi connectivity index (χ2v) is 9.14. The van der Waals surface area contributed by atoms with Crippen molar-refractivity contribution in [2.45, 2.75) is 26.7 Å². The van der Waals surface area contributed by atoms with Crippen molar-refractivity contribution in [1.29, 1.82) is 0 Å². The van der Waals surface area contributed by atoms with Crippen molar-refractivity contribution in [2.75, 3.05) is 43.4 Å². The van der Waals surface area contributed by atoms with Gasteiger partial charge in [-0.3, -0.25) is 4.79 Å². The molecular weight excluding hydrogens is 470 g/mol. The number of benzene rings is 1. The number of esters is 1. The van der Waals surface area contributed by atoms with E-state index < -0.39 is 11.8 Å². The van der Waals surface area contributed by atoms with Gasteiger partial charge in [-0.25, -0.2) is 9.78 Å². The fourth-order valence-corrected chi connectivity index (χ4v) is 4.64. The van der Waals surface area contributed by atoms with E-state index in [-0.39, 0.29) is 23.8 Å². The van der Waals surface area contributed by atoms with Crippen molar-refractivity contribution < 1.29 is 19.1 Å². The second kappa shape index (κ2) is 10.9. The molecule has 0 saturated carbocycles. The molecule has 0 unspecified atom stereocenters. The van der Waals surface area contributed by atoms with Crippen molar-refractivity contribution in [2.24, 2.45) is 0 Å². The number of nitrogens with one attached hydrogen (secondary N) is 3. The molecule has 3 N–H and O–H groups in total. The van der Waals surface area contributed by atoms with E-state index in [2.05, 4.69) is 25.5 Å². The molecule has 2 aromatic heterocycles. The van der Waals surface area contributed by atoms with Crippen molar-refractivity contribution in [1.82, 2.24) is 14.9 Å². The fourth-order valence-electron chi connectivity index (χ4n) is 4.64. The molecule has 1 fully saturated rings. The van der Waals surface area contributed by atoms with Crippen LogP contribution in [-0.2, 0) is 19.1 Å². The number of hydrogen-bond donors (Lipinski definition) is 3. The van der Waals surface area contributed by atoms with Crippen LogP contribution in [0.25, 0.3) is 17.1 Å². The van der Waals surface area contributed by atoms with Crippen LogP contribution in [0.2, 0.25) is 0 Å². The van der Waals surface area contributed by atoms with Gasteiger partial charge in [-0.2, -0.15) is 0 Å². The van der Waals surface area contributed by atoms with E-state index in [0.717, 1.165) is 41.0 Å². The molecule has 37 heavy (non-hydrogen) atoms. The highest BCUT2D eigenvalue weighted by Gasteiger charge is 2.37. The molecule has 9 nitrogen and oxygen atoms in total. The molecule has 3 aromatic rings. The summed E-state index contributed by atoms with van der Waals surface area (Å²) in [5.74, 6) is -1.16. The molecule has 0 spiro atoms. The predicted octanol–water partition coefficient (Wildman–Crippen LogP) is 4.21. The van der Waals surface area contributed by atoms with E-state index in [0.29, 0.717) is 5.65 Å². The molecule has 5 rings (SSSR count). The van der Waals surface area contributed by atoms with Crippen molar-refractivity contribution >= 4 is 40.2 Å². The minimum Gasteiger partial charge on any atom is -0.462 e. The van der Waals surface area contributed by atoms with Gasteiger partial charge >= 0.3 is 5.97 Å². The highest BCUT2D eigenvalue weighted by atomic mass is 16.5. The van der Waals surface area contributed by atoms with Crippen LogP contribution in [-0.4, -0.2) is 59.4 Å². The van der Waals surface area contributed by atoms with E-state index >= 15 is 0 Å². The Labute approximate surface area is 215 Å². The Hall–Kier alpha value is -4.11. The number of allylic oxidation sites excluding steroid dienone is 1. The molecular formula is C28H31N5O4. The first-order valence-electron chi connectivity index (χ1n) is 12.6. The van der Waals surface area contributed by atoms with Crippen molar-refractivity contribution in [3.63, 3.8) is 0 Å². The van der Waals surface area contributed by atoms with E-state index in [1.54, 1.807) is 25.4 Å². The maximum absolute atomic E-state index is 13.2. The lowest BCUT2D eigenvalue weighted by Crippen LogP contribution is -2.25. The minimum atomic E-state index is -0.725. The molecule has 0 amide bonds. The Bertz CT molecular complexity index is 1380. The number of aromatic amines is 1. The molecule has 2 aliphatic rings. The van der Waals surface area contributed by atoms with Crippen LogP contribution in [0.15, 0.2) is 59.9 Å². The molecule has 192 valence electrons. The van der Waals surface area contributed by atoms with Gasteiger partial charge in [0.1, 0.15) is 5.65 Å². The van der Waals surface area contributed by atoms with Gasteiger partial charge in [0.25, 0.3) is 0 Å². The average Bonchev–Trinajstić information content (AvgIpc) is 3.62. The van der Waals surface area contributed by atoms with Gasteiger partial charge in [-0.1, -0.05) is 0 Å². The normalized spacial score (nSPS) is 17.0. The highest BCUT2D eigenvalue weighted by molar-refractivity contribution is 6.26. The van der Waals surface area contributed by atoms with Crippen LogP contribution in [0.3, 0.4) is 0 Å². The van der Waals surface area contributed by atoms with Gasteiger partial charge in [0.05, 0.1) is 6.61 Å². The van der Waals surface area contributed by atoms with Crippen molar-refractivity contribution in [3.8, 4) is 0 Å². The van der Waals surface area contributed by atoms with Crippen LogP contribution in [0.5, 0.6) is 0 Å². The van der Waals surface area contributed by atoms with Crippen LogP contribution >= 0.6 is 0 Å². The number of hydrogen-bond acceptors (Lipinski definition) is 8. The summed E-state index contributed by atoms with van der Waals surface area (Å²) in [7, 11) is 0. The first kappa shape index (κ1) is 24.6. The fraction of sp³-hybridized carbons (Fsp3) is 0.321. The zero-order valence-electron chi connectivity index (χ0n) is 21.1. The number of H-pyrrole nitrogens is 1. The molecule has 1 saturated heterocycles. The van der Waals surface area contributed by atoms with Gasteiger partial charge in [-0.15, -0.1) is 0 Å². The van der Waals surface area contributed by atoms with Gasteiger partial charge in [0, 0.05) is 47.8 Å². The number of fused-ring (bicyclic) bond motifs is 1. The quantitative estimate of drug-likeness (QED) is 0.227. The third-order valence-electron chi connectivity index (χ3n) is 6.57. The van der Waals surface area contributed by atoms with Gasteiger partial charge in [-0.05, 0) is 81.7 Å². The number of pyridine rings is 1. The molecule has 0 aliphatic carbocycles. The first-order chi connectivity index (χ1) is 18.0. The molecule has 2 aliphatic heterocycles. The molecule has 0 bridgehead atoms. The smallest absolute Gasteiger partial charge is 0.347 e. The van der Waals surface area contributed by atoms with E-state index in [1.165, 1.54) is 25.9 Å².